The largest absolute Gasteiger partial charge is 0.462 e. The van der Waals surface area contributed by atoms with Gasteiger partial charge < -0.3 is 14.2 Å². The summed E-state index contributed by atoms with van der Waals surface area (Å²) < 4.78 is 16.6. The average molecular weight is 825 g/mol. The second kappa shape index (κ2) is 47.0. The van der Waals surface area contributed by atoms with Gasteiger partial charge in [0.05, 0.1) is 0 Å². The van der Waals surface area contributed by atoms with Crippen molar-refractivity contribution in [3.05, 3.63) is 146 Å². The van der Waals surface area contributed by atoms with Crippen LogP contribution in [0.25, 0.3) is 0 Å². The van der Waals surface area contributed by atoms with E-state index >= 15 is 0 Å². The molecule has 332 valence electrons. The van der Waals surface area contributed by atoms with Crippen LogP contribution < -0.4 is 0 Å². The molecule has 0 aromatic heterocycles. The van der Waals surface area contributed by atoms with Crippen molar-refractivity contribution in [3.63, 3.8) is 0 Å². The van der Waals surface area contributed by atoms with Crippen LogP contribution in [0, 0.1) is 0 Å². The summed E-state index contributed by atoms with van der Waals surface area (Å²) in [4.78, 5) is 37.8. The number of carbonyl (C=O) groups is 3. The first kappa shape index (κ1) is 55.3. The van der Waals surface area contributed by atoms with Gasteiger partial charge in [0.2, 0.25) is 0 Å². The lowest BCUT2D eigenvalue weighted by Crippen LogP contribution is -2.30. The van der Waals surface area contributed by atoms with E-state index in [0.29, 0.717) is 12.8 Å². The molecule has 0 rings (SSSR count). The molecular formula is C54H80O6. The minimum absolute atomic E-state index is 0.131. The standard InChI is InChI=1S/C54H80O6/c1-4-7-10-13-16-19-22-25-26-27-30-32-35-38-41-44-47-53(56)59-50-51(60-54(57)48-45-42-39-36-33-29-24-21-18-15-12-9-6-3)49-58-52(55)46-43-40-37-34-31-28-23-20-17-14-11-8-5-2/h7-12,14-21,23-26,28-33,51H,4-6,13,22,27,34-50H2,1-3H3/b10-7+,11-8+,12-9+,17-14+,18-15+,19-16+,23-20+,24-21+,26-25+,31-28+,32-30+,33-29+. The van der Waals surface area contributed by atoms with E-state index in [2.05, 4.69) is 93.7 Å². The van der Waals surface area contributed by atoms with E-state index in [0.717, 1.165) is 109 Å². The van der Waals surface area contributed by atoms with Crippen LogP contribution in [0.2, 0.25) is 0 Å². The van der Waals surface area contributed by atoms with Gasteiger partial charge in [-0.3, -0.25) is 14.4 Å². The smallest absolute Gasteiger partial charge is 0.306 e. The Bertz CT molecular complexity index is 1410. The number of allylic oxidation sites excluding steroid dienone is 24. The Morgan fingerprint density at radius 3 is 1.10 bits per heavy atom. The normalized spacial score (nSPS) is 13.4. The SMILES string of the molecule is CC/C=C/C=C/C=C/C=C/CCCCCC(=O)OCC(COC(=O)CCCCC/C=C/C/C=C/C/C=C/C/C=C/CC)OC(=O)CCCCC/C=C/C=C/C=C/C=C/CC. The first-order valence-electron chi connectivity index (χ1n) is 22.9. The van der Waals surface area contributed by atoms with Gasteiger partial charge in [0.25, 0.3) is 0 Å². The molecule has 0 aromatic carbocycles. The summed E-state index contributed by atoms with van der Waals surface area (Å²) in [6.07, 6.45) is 66.9. The van der Waals surface area contributed by atoms with E-state index in [9.17, 15) is 14.4 Å². The van der Waals surface area contributed by atoms with E-state index in [1.54, 1.807) is 0 Å². The fourth-order valence-electron chi connectivity index (χ4n) is 5.39. The molecule has 1 atom stereocenters. The number of esters is 3. The van der Waals surface area contributed by atoms with Crippen LogP contribution in [0.1, 0.15) is 156 Å². The maximum atomic E-state index is 12.7. The summed E-state index contributed by atoms with van der Waals surface area (Å²) in [5, 5.41) is 0. The lowest BCUT2D eigenvalue weighted by atomic mass is 10.1. The van der Waals surface area contributed by atoms with Crippen molar-refractivity contribution in [1.29, 1.82) is 0 Å². The maximum Gasteiger partial charge on any atom is 0.306 e. The van der Waals surface area contributed by atoms with Gasteiger partial charge in [0.15, 0.2) is 6.10 Å². The molecule has 60 heavy (non-hydrogen) atoms. The Kier molecular flexibility index (Phi) is 43.3. The molecule has 0 radical (unpaired) electrons. The Hall–Kier alpha value is -4.71. The first-order valence-corrected chi connectivity index (χ1v) is 22.9. The molecule has 0 aliphatic heterocycles. The van der Waals surface area contributed by atoms with Gasteiger partial charge in [-0.2, -0.15) is 0 Å². The Balaban J connectivity index is 4.61. The summed E-state index contributed by atoms with van der Waals surface area (Å²) in [5.41, 5.74) is 0. The van der Waals surface area contributed by atoms with Crippen molar-refractivity contribution in [2.24, 2.45) is 0 Å². The molecule has 6 nitrogen and oxygen atoms in total. The van der Waals surface area contributed by atoms with Crippen molar-refractivity contribution in [2.75, 3.05) is 13.2 Å². The van der Waals surface area contributed by atoms with Crippen molar-refractivity contribution < 1.29 is 28.6 Å². The highest BCUT2D eigenvalue weighted by Gasteiger charge is 2.19. The summed E-state index contributed by atoms with van der Waals surface area (Å²) in [7, 11) is 0. The molecular weight excluding hydrogens is 745 g/mol. The van der Waals surface area contributed by atoms with Crippen molar-refractivity contribution in [1.82, 2.24) is 0 Å². The van der Waals surface area contributed by atoms with E-state index in [-0.39, 0.29) is 44.0 Å². The molecule has 0 aliphatic carbocycles. The zero-order valence-electron chi connectivity index (χ0n) is 37.6. The van der Waals surface area contributed by atoms with E-state index < -0.39 is 6.10 Å². The zero-order chi connectivity index (χ0) is 43.7. The lowest BCUT2D eigenvalue weighted by molar-refractivity contribution is -0.167. The molecule has 0 bridgehead atoms. The van der Waals surface area contributed by atoms with Crippen molar-refractivity contribution in [3.8, 4) is 0 Å². The predicted molar refractivity (Wildman–Crippen MR) is 255 cm³/mol. The molecule has 0 N–H and O–H groups in total. The third-order valence-corrected chi connectivity index (χ3v) is 8.76. The summed E-state index contributed by atoms with van der Waals surface area (Å²) in [6, 6.07) is 0. The summed E-state index contributed by atoms with van der Waals surface area (Å²) in [5.74, 6) is -1.06. The van der Waals surface area contributed by atoms with Crippen LogP contribution in [-0.2, 0) is 28.6 Å². The van der Waals surface area contributed by atoms with Gasteiger partial charge >= 0.3 is 17.9 Å². The highest BCUT2D eigenvalue weighted by atomic mass is 16.6. The molecule has 6 heteroatoms. The average Bonchev–Trinajstić information content (AvgIpc) is 3.24. The number of rotatable bonds is 38. The predicted octanol–water partition coefficient (Wildman–Crippen LogP) is 14.9. The Labute approximate surface area is 366 Å². The van der Waals surface area contributed by atoms with E-state index in [4.69, 9.17) is 14.2 Å². The van der Waals surface area contributed by atoms with Gasteiger partial charge in [-0.05, 0) is 96.3 Å². The second-order valence-electron chi connectivity index (χ2n) is 14.3. The van der Waals surface area contributed by atoms with Gasteiger partial charge in [0.1, 0.15) is 13.2 Å². The molecule has 1 unspecified atom stereocenters. The van der Waals surface area contributed by atoms with Crippen LogP contribution >= 0.6 is 0 Å². The van der Waals surface area contributed by atoms with Crippen molar-refractivity contribution >= 4 is 17.9 Å². The number of hydrogen-bond donors (Lipinski definition) is 0. The highest BCUT2D eigenvalue weighted by Crippen LogP contribution is 2.11. The van der Waals surface area contributed by atoms with Crippen LogP contribution in [0.4, 0.5) is 0 Å². The van der Waals surface area contributed by atoms with Crippen molar-refractivity contribution in [2.45, 2.75) is 162 Å². The number of unbranched alkanes of at least 4 members (excludes halogenated alkanes) is 9. The highest BCUT2D eigenvalue weighted by molar-refractivity contribution is 5.71. The minimum atomic E-state index is -0.833. The fraction of sp³-hybridized carbons (Fsp3) is 0.500. The van der Waals surface area contributed by atoms with E-state index in [1.165, 1.54) is 0 Å². The molecule has 0 aliphatic rings. The molecule has 0 heterocycles. The van der Waals surface area contributed by atoms with Crippen LogP contribution in [0.3, 0.4) is 0 Å². The Morgan fingerprint density at radius 2 is 0.683 bits per heavy atom. The summed E-state index contributed by atoms with van der Waals surface area (Å²) in [6.45, 7) is 6.10. The van der Waals surface area contributed by atoms with E-state index in [1.807, 2.05) is 72.9 Å². The molecule has 0 aromatic rings. The number of ether oxygens (including phenoxy) is 3. The second-order valence-corrected chi connectivity index (χ2v) is 14.3. The molecule has 0 saturated heterocycles. The van der Waals surface area contributed by atoms with Gasteiger partial charge in [-0.15, -0.1) is 0 Å². The number of hydrogen-bond acceptors (Lipinski definition) is 6. The Morgan fingerprint density at radius 1 is 0.350 bits per heavy atom. The first-order chi connectivity index (χ1) is 29.5. The van der Waals surface area contributed by atoms with Crippen LogP contribution in [-0.4, -0.2) is 37.2 Å². The quantitative estimate of drug-likeness (QED) is 0.0203. The fourth-order valence-corrected chi connectivity index (χ4v) is 5.39. The van der Waals surface area contributed by atoms with Gasteiger partial charge in [0, 0.05) is 19.3 Å². The molecule has 0 amide bonds. The monoisotopic (exact) mass is 825 g/mol. The number of carbonyl (C=O) groups excluding carboxylic acids is 3. The lowest BCUT2D eigenvalue weighted by Gasteiger charge is -2.18. The third-order valence-electron chi connectivity index (χ3n) is 8.76. The summed E-state index contributed by atoms with van der Waals surface area (Å²) >= 11 is 0. The molecule has 0 saturated carbocycles. The maximum absolute atomic E-state index is 12.7. The van der Waals surface area contributed by atoms with Crippen LogP contribution in [0.5, 0.6) is 0 Å². The topological polar surface area (TPSA) is 78.9 Å². The third kappa shape index (κ3) is 44.4. The van der Waals surface area contributed by atoms with Gasteiger partial charge in [-0.25, -0.2) is 0 Å². The van der Waals surface area contributed by atoms with Crippen LogP contribution in [0.15, 0.2) is 146 Å². The molecule has 0 fully saturated rings. The molecule has 0 spiro atoms. The zero-order valence-corrected chi connectivity index (χ0v) is 37.6. The van der Waals surface area contributed by atoms with Gasteiger partial charge in [-0.1, -0.05) is 186 Å². The minimum Gasteiger partial charge on any atom is -0.462 e.